The van der Waals surface area contributed by atoms with E-state index in [1.54, 1.807) is 12.4 Å². The van der Waals surface area contributed by atoms with E-state index in [9.17, 15) is 0 Å². The maximum absolute atomic E-state index is 5.61. The highest BCUT2D eigenvalue weighted by Gasteiger charge is 2.09. The number of nitrogens with two attached hydrogens (primary N) is 1. The minimum atomic E-state index is 0.290. The van der Waals surface area contributed by atoms with Gasteiger partial charge in [-0.1, -0.05) is 12.2 Å². The van der Waals surface area contributed by atoms with Crippen molar-refractivity contribution >= 4 is 17.2 Å². The van der Waals surface area contributed by atoms with Gasteiger partial charge in [-0.05, 0) is 19.1 Å². The Hall–Kier alpha value is -1.75. The molecule has 2 heterocycles. The van der Waals surface area contributed by atoms with E-state index in [1.165, 1.54) is 0 Å². The summed E-state index contributed by atoms with van der Waals surface area (Å²) in [6, 6.07) is 3.76. The number of rotatable bonds is 2. The van der Waals surface area contributed by atoms with Gasteiger partial charge in [0.1, 0.15) is 16.5 Å². The summed E-state index contributed by atoms with van der Waals surface area (Å²) in [6.07, 6.45) is 5.25. The standard InChI is InChI=1S/C10H10N4S/c1-7-12-5-6-14(7)8-3-2-4-13-9(8)10(11)15/h2-6H,1H3,(H2,11,15). The lowest BCUT2D eigenvalue weighted by Gasteiger charge is -2.08. The number of hydrogen-bond donors (Lipinski definition) is 1. The molecule has 15 heavy (non-hydrogen) atoms. The first-order valence-electron chi connectivity index (χ1n) is 4.45. The van der Waals surface area contributed by atoms with Crippen molar-refractivity contribution in [1.29, 1.82) is 0 Å². The molecule has 0 spiro atoms. The summed E-state index contributed by atoms with van der Waals surface area (Å²) in [6.45, 7) is 1.91. The molecule has 4 nitrogen and oxygen atoms in total. The van der Waals surface area contributed by atoms with Crippen LogP contribution in [0.5, 0.6) is 0 Å². The zero-order valence-corrected chi connectivity index (χ0v) is 9.03. The summed E-state index contributed by atoms with van der Waals surface area (Å²) >= 11 is 4.95. The third-order valence-electron chi connectivity index (χ3n) is 2.11. The van der Waals surface area contributed by atoms with Crippen molar-refractivity contribution in [3.8, 4) is 5.69 Å². The number of nitrogens with zero attached hydrogens (tertiary/aromatic N) is 3. The summed E-state index contributed by atoms with van der Waals surface area (Å²) in [5, 5.41) is 0. The molecule has 0 unspecified atom stereocenters. The Morgan fingerprint density at radius 1 is 1.40 bits per heavy atom. The maximum Gasteiger partial charge on any atom is 0.124 e. The molecule has 0 amide bonds. The molecule has 0 aliphatic heterocycles. The van der Waals surface area contributed by atoms with Crippen LogP contribution >= 0.6 is 12.2 Å². The second kappa shape index (κ2) is 3.78. The minimum Gasteiger partial charge on any atom is -0.388 e. The van der Waals surface area contributed by atoms with Crippen LogP contribution in [0.3, 0.4) is 0 Å². The fourth-order valence-electron chi connectivity index (χ4n) is 1.41. The zero-order chi connectivity index (χ0) is 10.8. The van der Waals surface area contributed by atoms with Crippen LogP contribution in [-0.2, 0) is 0 Å². The van der Waals surface area contributed by atoms with E-state index in [4.69, 9.17) is 18.0 Å². The molecular weight excluding hydrogens is 208 g/mol. The van der Waals surface area contributed by atoms with Crippen molar-refractivity contribution in [2.45, 2.75) is 6.92 Å². The average molecular weight is 218 g/mol. The van der Waals surface area contributed by atoms with Gasteiger partial charge in [-0.3, -0.25) is 4.98 Å². The van der Waals surface area contributed by atoms with Crippen LogP contribution in [0, 0.1) is 6.92 Å². The second-order valence-corrected chi connectivity index (χ2v) is 3.52. The van der Waals surface area contributed by atoms with E-state index in [0.717, 1.165) is 11.5 Å². The largest absolute Gasteiger partial charge is 0.388 e. The van der Waals surface area contributed by atoms with Gasteiger partial charge in [-0.2, -0.15) is 0 Å². The van der Waals surface area contributed by atoms with Gasteiger partial charge in [0, 0.05) is 18.6 Å². The molecule has 0 bridgehead atoms. The summed E-state index contributed by atoms with van der Waals surface area (Å²) < 4.78 is 1.90. The third-order valence-corrected chi connectivity index (χ3v) is 2.30. The molecule has 0 aromatic carbocycles. The molecule has 0 radical (unpaired) electrons. The molecule has 0 saturated heterocycles. The van der Waals surface area contributed by atoms with Gasteiger partial charge in [0.15, 0.2) is 0 Å². The van der Waals surface area contributed by atoms with Gasteiger partial charge in [-0.25, -0.2) is 4.98 Å². The van der Waals surface area contributed by atoms with Crippen LogP contribution in [0.2, 0.25) is 0 Å². The zero-order valence-electron chi connectivity index (χ0n) is 8.21. The molecule has 2 N–H and O–H groups in total. The Labute approximate surface area is 92.8 Å². The van der Waals surface area contributed by atoms with Gasteiger partial charge in [0.05, 0.1) is 5.69 Å². The van der Waals surface area contributed by atoms with Crippen molar-refractivity contribution in [2.24, 2.45) is 5.73 Å². The first-order valence-corrected chi connectivity index (χ1v) is 4.86. The summed E-state index contributed by atoms with van der Waals surface area (Å²) in [5.41, 5.74) is 7.09. The lowest BCUT2D eigenvalue weighted by Crippen LogP contribution is -2.15. The fourth-order valence-corrected chi connectivity index (χ4v) is 1.57. The predicted molar refractivity (Wildman–Crippen MR) is 62.0 cm³/mol. The van der Waals surface area contributed by atoms with Crippen LogP contribution in [-0.4, -0.2) is 19.5 Å². The predicted octanol–water partition coefficient (Wildman–Crippen LogP) is 1.21. The number of thiocarbonyl (C=S) groups is 1. The minimum absolute atomic E-state index is 0.290. The molecule has 0 atom stereocenters. The maximum atomic E-state index is 5.61. The van der Waals surface area contributed by atoms with E-state index in [0.29, 0.717) is 10.7 Å². The highest BCUT2D eigenvalue weighted by Crippen LogP contribution is 2.13. The topological polar surface area (TPSA) is 56.7 Å². The van der Waals surface area contributed by atoms with Gasteiger partial charge in [0.2, 0.25) is 0 Å². The Kier molecular flexibility index (Phi) is 2.47. The summed E-state index contributed by atoms with van der Waals surface area (Å²) in [5.74, 6) is 0.875. The molecular formula is C10H10N4S. The van der Waals surface area contributed by atoms with Crippen molar-refractivity contribution in [1.82, 2.24) is 14.5 Å². The van der Waals surface area contributed by atoms with Crippen LogP contribution in [0.1, 0.15) is 11.5 Å². The molecule has 0 aliphatic carbocycles. The molecule has 0 fully saturated rings. The number of imidazole rings is 1. The molecule has 0 aliphatic rings. The SMILES string of the molecule is Cc1nccn1-c1cccnc1C(N)=S. The van der Waals surface area contributed by atoms with Crippen molar-refractivity contribution < 1.29 is 0 Å². The number of aryl methyl sites for hydroxylation is 1. The Bertz CT molecular complexity index is 504. The van der Waals surface area contributed by atoms with Crippen LogP contribution < -0.4 is 5.73 Å². The third kappa shape index (κ3) is 1.73. The Balaban J connectivity index is 2.63. The second-order valence-electron chi connectivity index (χ2n) is 3.08. The Morgan fingerprint density at radius 2 is 2.20 bits per heavy atom. The Morgan fingerprint density at radius 3 is 2.80 bits per heavy atom. The van der Waals surface area contributed by atoms with E-state index in [-0.39, 0.29) is 0 Å². The number of pyridine rings is 1. The molecule has 2 rings (SSSR count). The van der Waals surface area contributed by atoms with Crippen molar-refractivity contribution in [3.05, 3.63) is 42.2 Å². The first kappa shape index (κ1) is 9.79. The quantitative estimate of drug-likeness (QED) is 0.770. The van der Waals surface area contributed by atoms with Gasteiger partial charge < -0.3 is 10.3 Å². The van der Waals surface area contributed by atoms with Crippen LogP contribution in [0.4, 0.5) is 0 Å². The first-order chi connectivity index (χ1) is 7.20. The number of hydrogen-bond acceptors (Lipinski definition) is 3. The van der Waals surface area contributed by atoms with Gasteiger partial charge >= 0.3 is 0 Å². The normalized spacial score (nSPS) is 10.2. The van der Waals surface area contributed by atoms with Crippen LogP contribution in [0.25, 0.3) is 5.69 Å². The van der Waals surface area contributed by atoms with E-state index in [1.807, 2.05) is 29.8 Å². The smallest absolute Gasteiger partial charge is 0.124 e. The summed E-state index contributed by atoms with van der Waals surface area (Å²) in [7, 11) is 0. The van der Waals surface area contributed by atoms with Gasteiger partial charge in [0.25, 0.3) is 0 Å². The molecule has 2 aromatic rings. The average Bonchev–Trinajstić information content (AvgIpc) is 2.64. The highest BCUT2D eigenvalue weighted by atomic mass is 32.1. The lowest BCUT2D eigenvalue weighted by molar-refractivity contribution is 0.961. The van der Waals surface area contributed by atoms with Crippen molar-refractivity contribution in [3.63, 3.8) is 0 Å². The van der Waals surface area contributed by atoms with E-state index in [2.05, 4.69) is 9.97 Å². The van der Waals surface area contributed by atoms with E-state index >= 15 is 0 Å². The molecule has 2 aromatic heterocycles. The molecule has 5 heteroatoms. The monoisotopic (exact) mass is 218 g/mol. The fraction of sp³-hybridized carbons (Fsp3) is 0.100. The van der Waals surface area contributed by atoms with Crippen LogP contribution in [0.15, 0.2) is 30.7 Å². The lowest BCUT2D eigenvalue weighted by atomic mass is 10.3. The molecule has 76 valence electrons. The number of aromatic nitrogens is 3. The highest BCUT2D eigenvalue weighted by molar-refractivity contribution is 7.80. The van der Waals surface area contributed by atoms with E-state index < -0.39 is 0 Å². The van der Waals surface area contributed by atoms with Gasteiger partial charge in [-0.15, -0.1) is 0 Å². The summed E-state index contributed by atoms with van der Waals surface area (Å²) in [4.78, 5) is 8.60. The van der Waals surface area contributed by atoms with Crippen molar-refractivity contribution in [2.75, 3.05) is 0 Å². The molecule has 0 saturated carbocycles.